The molecule has 0 atom stereocenters. The maximum absolute atomic E-state index is 3.65. The number of nitrogens with one attached hydrogen (secondary N) is 6. The van der Waals surface area contributed by atoms with Crippen molar-refractivity contribution in [3.8, 4) is 0 Å². The fourth-order valence-electron chi connectivity index (χ4n) is 5.70. The molecule has 10 nitrogen and oxygen atoms in total. The summed E-state index contributed by atoms with van der Waals surface area (Å²) in [6, 6.07) is 9.43. The van der Waals surface area contributed by atoms with Crippen molar-refractivity contribution in [3.05, 3.63) is 35.4 Å². The summed E-state index contributed by atoms with van der Waals surface area (Å²) >= 11 is 0. The molecule has 0 spiro atoms. The SMILES string of the molecule is Br.Br.Br.Br.Br.Br.Br.Br.O.O.c1cc(CN2CCCNCCCNCCCNCCC2)cc(CN2CCCNCCCNCCCNCCC2)c1. The monoisotopic (exact) mass is 1230 g/mol. The highest BCUT2D eigenvalue weighted by Gasteiger charge is 2.10. The summed E-state index contributed by atoms with van der Waals surface area (Å²) in [5.74, 6) is 0. The number of nitrogens with zero attached hydrogens (tertiary/aromatic N) is 2. The van der Waals surface area contributed by atoms with Gasteiger partial charge in [0, 0.05) is 13.1 Å². The molecule has 1 aromatic rings. The first kappa shape index (κ1) is 70.5. The minimum atomic E-state index is 0. The number of halogens is 8. The van der Waals surface area contributed by atoms with Crippen molar-refractivity contribution in [2.75, 3.05) is 105 Å². The Labute approximate surface area is 389 Å². The third-order valence-corrected chi connectivity index (χ3v) is 7.94. The fourth-order valence-corrected chi connectivity index (χ4v) is 5.70. The summed E-state index contributed by atoms with van der Waals surface area (Å²) < 4.78 is 0. The van der Waals surface area contributed by atoms with Gasteiger partial charge in [-0.2, -0.15) is 0 Å². The zero-order chi connectivity index (χ0) is 27.8. The second-order valence-corrected chi connectivity index (χ2v) is 11.7. The van der Waals surface area contributed by atoms with Gasteiger partial charge in [0.05, 0.1) is 0 Å². The van der Waals surface area contributed by atoms with Crippen molar-refractivity contribution in [1.82, 2.24) is 41.7 Å². The van der Waals surface area contributed by atoms with E-state index < -0.39 is 0 Å². The van der Waals surface area contributed by atoms with Crippen molar-refractivity contribution in [2.45, 2.75) is 64.5 Å². The van der Waals surface area contributed by atoms with Crippen LogP contribution in [0, 0.1) is 0 Å². The van der Waals surface area contributed by atoms with E-state index in [1.54, 1.807) is 0 Å². The summed E-state index contributed by atoms with van der Waals surface area (Å²) in [4.78, 5) is 5.35. The van der Waals surface area contributed by atoms with Gasteiger partial charge in [0.2, 0.25) is 0 Å². The Bertz CT molecular complexity index is 674. The third kappa shape index (κ3) is 38.9. The quantitative estimate of drug-likeness (QED) is 0.249. The lowest BCUT2D eigenvalue weighted by Crippen LogP contribution is -2.32. The molecule has 10 N–H and O–H groups in total. The van der Waals surface area contributed by atoms with Crippen LogP contribution in [0.5, 0.6) is 0 Å². The second-order valence-electron chi connectivity index (χ2n) is 11.7. The topological polar surface area (TPSA) is 142 Å². The second kappa shape index (κ2) is 51.7. The molecule has 18 heteroatoms. The van der Waals surface area contributed by atoms with E-state index in [9.17, 15) is 0 Å². The molecule has 0 bridgehead atoms. The van der Waals surface area contributed by atoms with E-state index in [0.717, 1.165) is 118 Å². The predicted octanol–water partition coefficient (Wildman–Crippen LogP) is 4.95. The van der Waals surface area contributed by atoms with Crippen molar-refractivity contribution in [3.63, 3.8) is 0 Å². The Kier molecular flexibility index (Phi) is 72.8. The van der Waals surface area contributed by atoms with Crippen LogP contribution in [0.4, 0.5) is 0 Å². The van der Waals surface area contributed by atoms with Gasteiger partial charge in [0.25, 0.3) is 0 Å². The van der Waals surface area contributed by atoms with E-state index in [1.165, 1.54) is 62.5 Å². The highest BCUT2D eigenvalue weighted by atomic mass is 79.9. The molecule has 50 heavy (non-hydrogen) atoms. The van der Waals surface area contributed by atoms with Crippen LogP contribution in [0.25, 0.3) is 0 Å². The minimum absolute atomic E-state index is 0. The molecule has 0 aromatic heterocycles. The van der Waals surface area contributed by atoms with Gasteiger partial charge >= 0.3 is 0 Å². The van der Waals surface area contributed by atoms with Crippen LogP contribution < -0.4 is 31.9 Å². The van der Waals surface area contributed by atoms with E-state index in [0.29, 0.717) is 0 Å². The third-order valence-electron chi connectivity index (χ3n) is 7.94. The molecule has 0 unspecified atom stereocenters. The molecule has 2 saturated heterocycles. The zero-order valence-corrected chi connectivity index (χ0v) is 43.6. The van der Waals surface area contributed by atoms with Crippen molar-refractivity contribution in [1.29, 1.82) is 0 Å². The van der Waals surface area contributed by atoms with E-state index in [4.69, 9.17) is 0 Å². The highest BCUT2D eigenvalue weighted by molar-refractivity contribution is 8.93. The molecule has 0 saturated carbocycles. The number of hydrogen-bond donors (Lipinski definition) is 6. The molecule has 3 rings (SSSR count). The molecule has 0 amide bonds. The summed E-state index contributed by atoms with van der Waals surface area (Å²) in [5, 5.41) is 21.7. The van der Waals surface area contributed by atoms with Gasteiger partial charge in [-0.25, -0.2) is 0 Å². The van der Waals surface area contributed by atoms with Crippen LogP contribution in [0.2, 0.25) is 0 Å². The van der Waals surface area contributed by atoms with Gasteiger partial charge in [-0.1, -0.05) is 24.3 Å². The predicted molar refractivity (Wildman–Crippen MR) is 261 cm³/mol. The van der Waals surface area contributed by atoms with E-state index in [2.05, 4.69) is 66.0 Å². The van der Waals surface area contributed by atoms with E-state index in [1.807, 2.05) is 0 Å². The Balaban J connectivity index is -0.000000294. The molecule has 2 heterocycles. The maximum Gasteiger partial charge on any atom is 0.0233 e. The lowest BCUT2D eigenvalue weighted by Gasteiger charge is -2.25. The lowest BCUT2D eigenvalue weighted by atomic mass is 10.1. The summed E-state index contributed by atoms with van der Waals surface area (Å²) in [6.07, 6.45) is 9.72. The average Bonchev–Trinajstić information content (AvgIpc) is 2.95. The number of benzene rings is 1. The Morgan fingerprint density at radius 1 is 0.360 bits per heavy atom. The highest BCUT2D eigenvalue weighted by Crippen LogP contribution is 2.12. The molecule has 2 aliphatic rings. The van der Waals surface area contributed by atoms with Crippen molar-refractivity contribution < 1.29 is 11.0 Å². The van der Waals surface area contributed by atoms with Crippen molar-refractivity contribution >= 4 is 136 Å². The Morgan fingerprint density at radius 2 is 0.580 bits per heavy atom. The first-order chi connectivity index (χ1) is 19.9. The molecule has 2 fully saturated rings. The summed E-state index contributed by atoms with van der Waals surface area (Å²) in [5.41, 5.74) is 2.93. The van der Waals surface area contributed by atoms with Crippen molar-refractivity contribution in [2.24, 2.45) is 0 Å². The first-order valence-corrected chi connectivity index (χ1v) is 16.7. The van der Waals surface area contributed by atoms with Crippen LogP contribution in [0.15, 0.2) is 24.3 Å². The van der Waals surface area contributed by atoms with Crippen LogP contribution >= 0.6 is 136 Å². The lowest BCUT2D eigenvalue weighted by molar-refractivity contribution is 0.252. The maximum atomic E-state index is 3.65. The van der Waals surface area contributed by atoms with Crippen LogP contribution in [-0.4, -0.2) is 125 Å². The van der Waals surface area contributed by atoms with E-state index in [-0.39, 0.29) is 147 Å². The van der Waals surface area contributed by atoms with Gasteiger partial charge in [0.1, 0.15) is 0 Å². The molecular formula is C32H74Br8N8O2. The first-order valence-electron chi connectivity index (χ1n) is 16.7. The number of hydrogen-bond acceptors (Lipinski definition) is 8. The Hall–Kier alpha value is 2.66. The largest absolute Gasteiger partial charge is 0.412 e. The standard InChI is InChI=1S/C32H62N8.8BrH.2H2O/c1-10-31(29-39-24-6-20-35-16-2-12-33-13-3-17-36-21-7-25-39)28-32(11-1)30-40-26-8-22-37-18-4-14-34-15-5-19-38-23-9-27-40;;;;;;;;;;/h1,10-11,28,33-38H,2-9,12-27,29-30H2;8*1H;2*1H2. The van der Waals surface area contributed by atoms with Gasteiger partial charge in [-0.3, -0.25) is 9.80 Å². The number of rotatable bonds is 4. The summed E-state index contributed by atoms with van der Waals surface area (Å²) in [6.45, 7) is 20.2. The normalized spacial score (nSPS) is 18.4. The van der Waals surface area contributed by atoms with Gasteiger partial charge < -0.3 is 42.9 Å². The molecular weight excluding hydrogens is 1170 g/mol. The molecule has 1 aromatic carbocycles. The molecule has 2 aliphatic heterocycles. The fraction of sp³-hybridized carbons (Fsp3) is 0.812. The molecule has 0 aliphatic carbocycles. The zero-order valence-electron chi connectivity index (χ0n) is 29.9. The van der Waals surface area contributed by atoms with Crippen LogP contribution in [0.3, 0.4) is 0 Å². The minimum Gasteiger partial charge on any atom is -0.412 e. The summed E-state index contributed by atoms with van der Waals surface area (Å²) in [7, 11) is 0. The smallest absolute Gasteiger partial charge is 0.0233 e. The molecule has 310 valence electrons. The van der Waals surface area contributed by atoms with Gasteiger partial charge in [0.15, 0.2) is 0 Å². The van der Waals surface area contributed by atoms with Crippen LogP contribution in [-0.2, 0) is 13.1 Å². The Morgan fingerprint density at radius 3 is 0.820 bits per heavy atom. The average molecular weight is 1240 g/mol. The van der Waals surface area contributed by atoms with Gasteiger partial charge in [-0.15, -0.1) is 136 Å². The van der Waals surface area contributed by atoms with E-state index >= 15 is 0 Å². The van der Waals surface area contributed by atoms with Gasteiger partial charge in [-0.05, 0) is 167 Å². The van der Waals surface area contributed by atoms with Crippen LogP contribution in [0.1, 0.15) is 62.5 Å². The molecule has 0 radical (unpaired) electrons.